The van der Waals surface area contributed by atoms with Gasteiger partial charge < -0.3 is 15.3 Å². The minimum Gasteiger partial charge on any atom is -0.477 e. The molecule has 166 valence electrons. The fourth-order valence-corrected chi connectivity index (χ4v) is 3.93. The summed E-state index contributed by atoms with van der Waals surface area (Å²) in [6.45, 7) is 0.536. The molecule has 0 unspecified atom stereocenters. The molecule has 5 heterocycles. The van der Waals surface area contributed by atoms with Gasteiger partial charge in [0.1, 0.15) is 11.9 Å². The molecule has 12 nitrogen and oxygen atoms in total. The maximum Gasteiger partial charge on any atom is 0.341 e. The number of hydrogen-bond acceptors (Lipinski definition) is 10. The predicted molar refractivity (Wildman–Crippen MR) is 113 cm³/mol. The third kappa shape index (κ3) is 3.65. The van der Waals surface area contributed by atoms with Crippen molar-refractivity contribution >= 4 is 40.3 Å². The van der Waals surface area contributed by atoms with Gasteiger partial charge in [0.15, 0.2) is 17.3 Å². The van der Waals surface area contributed by atoms with Gasteiger partial charge in [0.2, 0.25) is 16.4 Å². The maximum atomic E-state index is 14.9. The van der Waals surface area contributed by atoms with Gasteiger partial charge in [-0.3, -0.25) is 14.2 Å². The van der Waals surface area contributed by atoms with E-state index in [-0.39, 0.29) is 46.9 Å². The van der Waals surface area contributed by atoms with Crippen molar-refractivity contribution < 1.29 is 19.1 Å². The van der Waals surface area contributed by atoms with Gasteiger partial charge in [0.05, 0.1) is 11.4 Å². The molecule has 5 rings (SSSR count). The van der Waals surface area contributed by atoms with Crippen LogP contribution in [-0.4, -0.2) is 65.0 Å². The Kier molecular flexibility index (Phi) is 4.97. The van der Waals surface area contributed by atoms with Gasteiger partial charge in [-0.05, 0) is 12.1 Å². The molecule has 1 fully saturated rings. The molecule has 4 aromatic heterocycles. The van der Waals surface area contributed by atoms with E-state index < -0.39 is 28.7 Å². The molecule has 14 heteroatoms. The zero-order valence-corrected chi connectivity index (χ0v) is 17.4. The first-order chi connectivity index (χ1) is 15.9. The fourth-order valence-electron chi connectivity index (χ4n) is 3.42. The van der Waals surface area contributed by atoms with Crippen LogP contribution in [0.3, 0.4) is 0 Å². The molecule has 1 aliphatic rings. The quantitative estimate of drug-likeness (QED) is 0.422. The van der Waals surface area contributed by atoms with E-state index in [2.05, 4.69) is 29.6 Å². The third-order valence-electron chi connectivity index (χ3n) is 4.98. The number of halogens is 1. The van der Waals surface area contributed by atoms with E-state index in [1.165, 1.54) is 23.3 Å². The normalized spacial score (nSPS) is 13.7. The summed E-state index contributed by atoms with van der Waals surface area (Å²) in [6, 6.07) is 2.28. The van der Waals surface area contributed by atoms with E-state index in [0.717, 1.165) is 23.8 Å². The molecular formula is C19H13FN8O4S. The molecule has 0 spiro atoms. The molecule has 1 amide bonds. The van der Waals surface area contributed by atoms with Crippen LogP contribution in [0.2, 0.25) is 0 Å². The molecule has 0 bridgehead atoms. The molecule has 0 aliphatic carbocycles. The summed E-state index contributed by atoms with van der Waals surface area (Å²) in [5.74, 6) is -2.69. The highest BCUT2D eigenvalue weighted by Crippen LogP contribution is 2.26. The number of anilines is 1. The number of aromatic nitrogens is 6. The molecular weight excluding hydrogens is 455 g/mol. The second-order valence-electron chi connectivity index (χ2n) is 7.08. The van der Waals surface area contributed by atoms with Crippen molar-refractivity contribution in [1.29, 1.82) is 0 Å². The largest absolute Gasteiger partial charge is 0.477 e. The molecule has 0 radical (unpaired) electrons. The van der Waals surface area contributed by atoms with Gasteiger partial charge in [0, 0.05) is 43.2 Å². The topological polar surface area (TPSA) is 156 Å². The lowest BCUT2D eigenvalue weighted by Gasteiger charge is -2.40. The van der Waals surface area contributed by atoms with Crippen molar-refractivity contribution in [1.82, 2.24) is 34.2 Å². The highest BCUT2D eigenvalue weighted by atomic mass is 32.1. The summed E-state index contributed by atoms with van der Waals surface area (Å²) >= 11 is 0.961. The number of rotatable bonds is 5. The van der Waals surface area contributed by atoms with Crippen molar-refractivity contribution in [2.45, 2.75) is 6.04 Å². The first-order valence-corrected chi connectivity index (χ1v) is 10.3. The summed E-state index contributed by atoms with van der Waals surface area (Å²) in [5.41, 5.74) is -1.35. The first kappa shape index (κ1) is 20.6. The number of hydrogen-bond donors (Lipinski definition) is 2. The van der Waals surface area contributed by atoms with Crippen molar-refractivity contribution in [3.8, 4) is 5.13 Å². The van der Waals surface area contributed by atoms with Crippen LogP contribution in [0.5, 0.6) is 0 Å². The lowest BCUT2D eigenvalue weighted by atomic mass is 10.1. The van der Waals surface area contributed by atoms with E-state index in [1.54, 1.807) is 11.0 Å². The van der Waals surface area contributed by atoms with Gasteiger partial charge in [0.25, 0.3) is 5.91 Å². The summed E-state index contributed by atoms with van der Waals surface area (Å²) in [4.78, 5) is 54.0. The smallest absolute Gasteiger partial charge is 0.341 e. The number of pyridine rings is 2. The molecule has 1 saturated heterocycles. The van der Waals surface area contributed by atoms with Gasteiger partial charge in [-0.2, -0.15) is 4.37 Å². The highest BCUT2D eigenvalue weighted by Gasteiger charge is 2.32. The number of amides is 1. The van der Waals surface area contributed by atoms with Crippen LogP contribution in [0.1, 0.15) is 21.0 Å². The molecule has 4 aromatic rings. The Morgan fingerprint density at radius 1 is 1.21 bits per heavy atom. The maximum absolute atomic E-state index is 14.9. The van der Waals surface area contributed by atoms with E-state index in [4.69, 9.17) is 0 Å². The second-order valence-corrected chi connectivity index (χ2v) is 7.84. The summed E-state index contributed by atoms with van der Waals surface area (Å²) in [7, 11) is 0. The van der Waals surface area contributed by atoms with Crippen molar-refractivity contribution in [3.63, 3.8) is 0 Å². The van der Waals surface area contributed by atoms with Gasteiger partial charge in [-0.1, -0.05) is 0 Å². The number of nitrogens with zero attached hydrogens (tertiary/aromatic N) is 7. The van der Waals surface area contributed by atoms with E-state index in [1.807, 2.05) is 0 Å². The molecule has 0 saturated carbocycles. The first-order valence-electron chi connectivity index (χ1n) is 9.51. The number of carbonyl (C=O) groups excluding carboxylic acids is 1. The Morgan fingerprint density at radius 2 is 1.97 bits per heavy atom. The van der Waals surface area contributed by atoms with Crippen molar-refractivity contribution in [2.75, 3.05) is 18.0 Å². The monoisotopic (exact) mass is 468 g/mol. The predicted octanol–water partition coefficient (Wildman–Crippen LogP) is 0.483. The average molecular weight is 468 g/mol. The zero-order valence-electron chi connectivity index (χ0n) is 16.5. The number of carboxylic acid groups (broad SMARTS) is 1. The number of fused-ring (bicyclic) bond motifs is 1. The Labute approximate surface area is 187 Å². The molecule has 0 aromatic carbocycles. The molecule has 2 N–H and O–H groups in total. The van der Waals surface area contributed by atoms with Gasteiger partial charge in [-0.25, -0.2) is 29.1 Å². The Bertz CT molecular complexity index is 1440. The number of aromatic carboxylic acids is 1. The molecule has 1 aliphatic heterocycles. The Balaban J connectivity index is 1.47. The summed E-state index contributed by atoms with van der Waals surface area (Å²) < 4.78 is 20.1. The lowest BCUT2D eigenvalue weighted by Crippen LogP contribution is -2.60. The Morgan fingerprint density at radius 3 is 2.64 bits per heavy atom. The van der Waals surface area contributed by atoms with Gasteiger partial charge in [-0.15, -0.1) is 0 Å². The number of nitrogens with one attached hydrogen (secondary N) is 1. The van der Waals surface area contributed by atoms with Crippen LogP contribution < -0.4 is 15.6 Å². The van der Waals surface area contributed by atoms with E-state index >= 15 is 0 Å². The van der Waals surface area contributed by atoms with Crippen LogP contribution in [0.4, 0.5) is 10.2 Å². The lowest BCUT2D eigenvalue weighted by molar-refractivity contribution is 0.0694. The SMILES string of the molecule is O=C(NC1CN(c2nc3c(cc2F)c(=O)c(C(=O)O)cn3-c2ncns2)C1)c1ncccn1. The Hall–Kier alpha value is -4.33. The second kappa shape index (κ2) is 7.98. The van der Waals surface area contributed by atoms with Crippen LogP contribution in [0.15, 0.2) is 41.8 Å². The van der Waals surface area contributed by atoms with Crippen LogP contribution in [-0.2, 0) is 0 Å². The summed E-state index contributed by atoms with van der Waals surface area (Å²) in [6.07, 6.45) is 5.28. The van der Waals surface area contributed by atoms with Crippen LogP contribution >= 0.6 is 11.5 Å². The third-order valence-corrected chi connectivity index (χ3v) is 5.65. The molecule has 0 atom stereocenters. The minimum atomic E-state index is -1.45. The number of carboxylic acids is 1. The van der Waals surface area contributed by atoms with Crippen LogP contribution in [0, 0.1) is 5.82 Å². The van der Waals surface area contributed by atoms with E-state index in [0.29, 0.717) is 0 Å². The zero-order chi connectivity index (χ0) is 23.1. The molecule has 33 heavy (non-hydrogen) atoms. The standard InChI is InChI=1S/C19H13FN8O4S/c20-12-4-10-13(29)11(18(31)32)7-28(19-23-8-24-33-19)15(10)26-16(12)27-5-9(6-27)25-17(30)14-21-2-1-3-22-14/h1-4,7-9H,5-6H2,(H,25,30)(H,31,32). The van der Waals surface area contributed by atoms with Crippen molar-refractivity contribution in [2.24, 2.45) is 0 Å². The minimum absolute atomic E-state index is 0.0290. The number of carbonyl (C=O) groups is 2. The highest BCUT2D eigenvalue weighted by molar-refractivity contribution is 7.08. The van der Waals surface area contributed by atoms with E-state index in [9.17, 15) is 23.9 Å². The summed E-state index contributed by atoms with van der Waals surface area (Å²) in [5, 5.41) is 12.2. The fraction of sp³-hybridized carbons (Fsp3) is 0.158. The van der Waals surface area contributed by atoms with Crippen molar-refractivity contribution in [3.05, 3.63) is 64.5 Å². The van der Waals surface area contributed by atoms with Crippen LogP contribution in [0.25, 0.3) is 16.2 Å². The average Bonchev–Trinajstić information content (AvgIpc) is 3.31. The van der Waals surface area contributed by atoms with Gasteiger partial charge >= 0.3 is 5.97 Å².